The number of hydrogen-bond acceptors (Lipinski definition) is 8. The van der Waals surface area contributed by atoms with Gasteiger partial charge in [-0.25, -0.2) is 14.5 Å². The lowest BCUT2D eigenvalue weighted by Gasteiger charge is -2.12. The summed E-state index contributed by atoms with van der Waals surface area (Å²) in [7, 11) is 3.07. The Morgan fingerprint density at radius 2 is 1.90 bits per heavy atom. The van der Waals surface area contributed by atoms with Crippen molar-refractivity contribution in [1.82, 2.24) is 19.6 Å². The van der Waals surface area contributed by atoms with Crippen molar-refractivity contribution in [3.05, 3.63) is 89.7 Å². The van der Waals surface area contributed by atoms with E-state index in [4.69, 9.17) is 9.47 Å². The topological polar surface area (TPSA) is 132 Å². The van der Waals surface area contributed by atoms with Crippen molar-refractivity contribution in [3.63, 3.8) is 0 Å². The van der Waals surface area contributed by atoms with Gasteiger partial charge in [0.2, 0.25) is 0 Å². The molecule has 11 heteroatoms. The Kier molecular flexibility index (Phi) is 5.92. The first-order chi connectivity index (χ1) is 19.0. The summed E-state index contributed by atoms with van der Waals surface area (Å²) in [4.78, 5) is 37.4. The molecule has 1 aliphatic heterocycles. The van der Waals surface area contributed by atoms with Crippen LogP contribution in [0.2, 0.25) is 0 Å². The first-order valence-electron chi connectivity index (χ1n) is 11.9. The van der Waals surface area contributed by atoms with Gasteiger partial charge in [-0.2, -0.15) is 10.1 Å². The second-order valence-corrected chi connectivity index (χ2v) is 8.57. The maximum atomic E-state index is 13.1. The lowest BCUT2D eigenvalue weighted by molar-refractivity contribution is 0.100. The van der Waals surface area contributed by atoms with Crippen LogP contribution in [-0.2, 0) is 0 Å². The molecule has 2 aromatic carbocycles. The van der Waals surface area contributed by atoms with Gasteiger partial charge < -0.3 is 20.1 Å². The average Bonchev–Trinajstić information content (AvgIpc) is 3.59. The monoisotopic (exact) mass is 519 g/mol. The van der Waals surface area contributed by atoms with Crippen molar-refractivity contribution in [1.29, 1.82) is 0 Å². The smallest absolute Gasteiger partial charge is 0.277 e. The summed E-state index contributed by atoms with van der Waals surface area (Å²) in [6.07, 6.45) is 4.89. The van der Waals surface area contributed by atoms with Crippen molar-refractivity contribution in [2.75, 3.05) is 24.9 Å². The molecule has 0 atom stereocenters. The molecule has 2 N–H and O–H groups in total. The summed E-state index contributed by atoms with van der Waals surface area (Å²) in [5.74, 6) is 0.811. The molecule has 0 radical (unpaired) electrons. The van der Waals surface area contributed by atoms with E-state index in [1.807, 2.05) is 12.1 Å². The highest BCUT2D eigenvalue weighted by Crippen LogP contribution is 2.30. The zero-order valence-corrected chi connectivity index (χ0v) is 20.9. The molecular weight excluding hydrogens is 498 g/mol. The molecule has 3 aromatic heterocycles. The van der Waals surface area contributed by atoms with E-state index in [0.717, 1.165) is 5.56 Å². The van der Waals surface area contributed by atoms with Gasteiger partial charge in [0.25, 0.3) is 17.7 Å². The maximum Gasteiger partial charge on any atom is 0.277 e. The van der Waals surface area contributed by atoms with Crippen molar-refractivity contribution < 1.29 is 19.1 Å². The molecule has 0 spiro atoms. The number of amides is 2. The van der Waals surface area contributed by atoms with Crippen LogP contribution in [-0.4, -0.2) is 51.8 Å². The molecule has 0 aliphatic carbocycles. The Morgan fingerprint density at radius 3 is 2.74 bits per heavy atom. The van der Waals surface area contributed by atoms with E-state index in [-0.39, 0.29) is 11.8 Å². The average molecular weight is 520 g/mol. The number of carbonyl (C=O) groups excluding carboxylic acids is 2. The number of rotatable bonds is 7. The second kappa shape index (κ2) is 9.71. The van der Waals surface area contributed by atoms with Gasteiger partial charge >= 0.3 is 0 Å². The molecule has 0 fully saturated rings. The molecule has 0 saturated carbocycles. The maximum absolute atomic E-state index is 13.1. The Hall–Kier alpha value is -5.58. The predicted octanol–water partition coefficient (Wildman–Crippen LogP) is 4.38. The van der Waals surface area contributed by atoms with E-state index in [2.05, 4.69) is 30.7 Å². The summed E-state index contributed by atoms with van der Waals surface area (Å²) in [5.41, 5.74) is 4.81. The van der Waals surface area contributed by atoms with Crippen molar-refractivity contribution >= 4 is 40.9 Å². The SMILES string of the molecule is COc1ccc(Nc2cc(-c3cccc(C(=O)Nc4ccc5c(c4)C=NC5=O)c3)nn3ccnc23)nc1OC. The normalized spacial score (nSPS) is 11.9. The highest BCUT2D eigenvalue weighted by Gasteiger charge is 2.17. The standard InChI is InChI=1S/C28H21N7O4/c1-38-23-8-9-24(33-28(23)39-2)32-22-14-21(34-35-11-10-29-25(22)35)16-4-3-5-17(12-16)26(36)31-19-6-7-20-18(13-19)15-30-27(20)37/h3-15H,1-2H3,(H,31,36)(H,32,33). The number of imidazole rings is 1. The van der Waals surface area contributed by atoms with Crippen LogP contribution in [0.25, 0.3) is 16.9 Å². The third-order valence-corrected chi connectivity index (χ3v) is 6.14. The van der Waals surface area contributed by atoms with E-state index in [1.54, 1.807) is 72.5 Å². The Morgan fingerprint density at radius 1 is 1.00 bits per heavy atom. The fraction of sp³-hybridized carbons (Fsp3) is 0.0714. The molecule has 6 rings (SSSR count). The van der Waals surface area contributed by atoms with Crippen LogP contribution in [0, 0.1) is 0 Å². The van der Waals surface area contributed by atoms with Gasteiger partial charge in [-0.15, -0.1) is 0 Å². The quantitative estimate of drug-likeness (QED) is 0.324. The fourth-order valence-corrected chi connectivity index (χ4v) is 4.25. The first-order valence-corrected chi connectivity index (χ1v) is 11.9. The Bertz CT molecular complexity index is 1790. The molecule has 39 heavy (non-hydrogen) atoms. The Balaban J connectivity index is 1.30. The lowest BCUT2D eigenvalue weighted by Crippen LogP contribution is -2.12. The highest BCUT2D eigenvalue weighted by atomic mass is 16.5. The Labute approximate surface area is 222 Å². The van der Waals surface area contributed by atoms with E-state index in [1.165, 1.54) is 13.3 Å². The largest absolute Gasteiger partial charge is 0.491 e. The van der Waals surface area contributed by atoms with Crippen LogP contribution in [0.3, 0.4) is 0 Å². The van der Waals surface area contributed by atoms with Crippen molar-refractivity contribution in [2.24, 2.45) is 4.99 Å². The van der Waals surface area contributed by atoms with Gasteiger partial charge in [0.1, 0.15) is 5.82 Å². The molecule has 0 saturated heterocycles. The van der Waals surface area contributed by atoms with Crippen LogP contribution < -0.4 is 20.1 Å². The van der Waals surface area contributed by atoms with Crippen LogP contribution in [0.4, 0.5) is 17.2 Å². The minimum atomic E-state index is -0.297. The van der Waals surface area contributed by atoms with E-state index >= 15 is 0 Å². The van der Waals surface area contributed by atoms with Crippen LogP contribution in [0.15, 0.2) is 78.0 Å². The minimum Gasteiger partial charge on any atom is -0.491 e. The molecule has 1 aliphatic rings. The van der Waals surface area contributed by atoms with Crippen LogP contribution >= 0.6 is 0 Å². The number of hydrogen-bond donors (Lipinski definition) is 2. The third-order valence-electron chi connectivity index (χ3n) is 6.14. The van der Waals surface area contributed by atoms with E-state index < -0.39 is 0 Å². The number of carbonyl (C=O) groups is 2. The van der Waals surface area contributed by atoms with Gasteiger partial charge in [-0.1, -0.05) is 12.1 Å². The number of ether oxygens (including phenoxy) is 2. The number of aliphatic imine (C=N–C) groups is 1. The molecule has 0 bridgehead atoms. The number of methoxy groups -OCH3 is 2. The molecule has 0 unspecified atom stereocenters. The predicted molar refractivity (Wildman–Crippen MR) is 145 cm³/mol. The summed E-state index contributed by atoms with van der Waals surface area (Å²) in [6, 6.07) is 17.6. The van der Waals surface area contributed by atoms with Gasteiger partial charge in [0.05, 0.1) is 31.2 Å². The second-order valence-electron chi connectivity index (χ2n) is 8.57. The molecule has 4 heterocycles. The number of aromatic nitrogens is 4. The summed E-state index contributed by atoms with van der Waals surface area (Å²) in [5, 5.41) is 10.8. The van der Waals surface area contributed by atoms with Gasteiger partial charge in [-0.05, 0) is 48.5 Å². The fourth-order valence-electron chi connectivity index (χ4n) is 4.25. The van der Waals surface area contributed by atoms with Crippen molar-refractivity contribution in [3.8, 4) is 22.9 Å². The van der Waals surface area contributed by atoms with Crippen molar-refractivity contribution in [2.45, 2.75) is 0 Å². The number of nitrogens with one attached hydrogen (secondary N) is 2. The highest BCUT2D eigenvalue weighted by molar-refractivity contribution is 6.14. The van der Waals surface area contributed by atoms with Gasteiger partial charge in [0.15, 0.2) is 11.4 Å². The first kappa shape index (κ1) is 23.8. The van der Waals surface area contributed by atoms with Crippen LogP contribution in [0.5, 0.6) is 11.6 Å². The van der Waals surface area contributed by atoms with E-state index in [9.17, 15) is 9.59 Å². The van der Waals surface area contributed by atoms with Crippen LogP contribution in [0.1, 0.15) is 26.3 Å². The third kappa shape index (κ3) is 4.53. The summed E-state index contributed by atoms with van der Waals surface area (Å²) in [6.45, 7) is 0. The minimum absolute atomic E-state index is 0.284. The number of benzene rings is 2. The zero-order valence-electron chi connectivity index (χ0n) is 20.9. The van der Waals surface area contributed by atoms with E-state index in [0.29, 0.717) is 56.9 Å². The van der Waals surface area contributed by atoms with Gasteiger partial charge in [0, 0.05) is 41.0 Å². The number of anilines is 3. The van der Waals surface area contributed by atoms with Gasteiger partial charge in [-0.3, -0.25) is 9.59 Å². The number of pyridine rings is 1. The zero-order chi connectivity index (χ0) is 26.9. The molecule has 192 valence electrons. The molecule has 5 aromatic rings. The molecule has 11 nitrogen and oxygen atoms in total. The number of nitrogens with zero attached hydrogens (tertiary/aromatic N) is 5. The lowest BCUT2D eigenvalue weighted by atomic mass is 10.1. The molecule has 2 amide bonds. The molecular formula is C28H21N7O4. The summed E-state index contributed by atoms with van der Waals surface area (Å²) < 4.78 is 12.2. The number of fused-ring (bicyclic) bond motifs is 2. The summed E-state index contributed by atoms with van der Waals surface area (Å²) >= 11 is 0.